The Kier molecular flexibility index (Phi) is 4.59. The summed E-state index contributed by atoms with van der Waals surface area (Å²) in [6, 6.07) is 0. The minimum Gasteiger partial charge on any atom is -0.287 e. The summed E-state index contributed by atoms with van der Waals surface area (Å²) in [5, 5.41) is 0. The Balaban J connectivity index is 4.68. The molecule has 0 unspecified atom stereocenters. The van der Waals surface area contributed by atoms with Crippen molar-refractivity contribution in [1.29, 1.82) is 0 Å². The molecule has 0 saturated heterocycles. The van der Waals surface area contributed by atoms with E-state index < -0.39 is 27.2 Å². The lowest BCUT2D eigenvalue weighted by molar-refractivity contribution is -0.315. The van der Waals surface area contributed by atoms with E-state index in [0.29, 0.717) is 0 Å². The number of phosphoric ester groups is 1. The molecule has 0 aromatic carbocycles. The van der Waals surface area contributed by atoms with Gasteiger partial charge in [0.15, 0.2) is 0 Å². The topological polar surface area (TPSA) is 44.8 Å². The van der Waals surface area contributed by atoms with E-state index in [1.54, 1.807) is 0 Å². The minimum absolute atomic E-state index is 0.705. The van der Waals surface area contributed by atoms with E-state index in [-0.39, 0.29) is 0 Å². The van der Waals surface area contributed by atoms with Crippen LogP contribution in [0.3, 0.4) is 0 Å². The van der Waals surface area contributed by atoms with Crippen molar-refractivity contribution in [3.63, 3.8) is 0 Å². The fraction of sp³-hybridized carbons (Fsp3) is 1.00. The van der Waals surface area contributed by atoms with E-state index in [0.717, 1.165) is 6.92 Å². The zero-order valence-electron chi connectivity index (χ0n) is 7.06. The summed E-state index contributed by atoms with van der Waals surface area (Å²) in [7, 11) is -5.71. The second-order valence-corrected chi connectivity index (χ2v) is 3.46. The van der Waals surface area contributed by atoms with Gasteiger partial charge in [-0.3, -0.25) is 4.52 Å². The van der Waals surface area contributed by atoms with Crippen molar-refractivity contribution in [3.8, 4) is 0 Å². The van der Waals surface area contributed by atoms with Crippen LogP contribution in [0.5, 0.6) is 0 Å². The first kappa shape index (κ1) is 14.7. The highest BCUT2D eigenvalue weighted by atomic mass is 31.2. The van der Waals surface area contributed by atoms with Crippen LogP contribution in [0.1, 0.15) is 6.92 Å². The van der Waals surface area contributed by atoms with Crippen LogP contribution in [-0.2, 0) is 18.1 Å². The predicted octanol–water partition coefficient (Wildman–Crippen LogP) is 3.20. The van der Waals surface area contributed by atoms with Gasteiger partial charge in [0.2, 0.25) is 0 Å². The van der Waals surface area contributed by atoms with Gasteiger partial charge in [-0.2, -0.15) is 9.05 Å². The summed E-state index contributed by atoms with van der Waals surface area (Å²) in [6.45, 7) is 0.315. The summed E-state index contributed by atoms with van der Waals surface area (Å²) < 4.78 is 88.8. The Bertz CT molecular complexity index is 226. The van der Waals surface area contributed by atoms with Crippen molar-refractivity contribution >= 4 is 7.82 Å². The van der Waals surface area contributed by atoms with E-state index in [2.05, 4.69) is 13.6 Å². The largest absolute Gasteiger partial charge is 0.531 e. The highest BCUT2D eigenvalue weighted by molar-refractivity contribution is 7.48. The fourth-order valence-corrected chi connectivity index (χ4v) is 1.45. The number of alkyl halides is 6. The van der Waals surface area contributed by atoms with Gasteiger partial charge in [0.05, 0.1) is 6.61 Å². The number of phosphoric acid groups is 1. The molecular weight excluding hydrogens is 257 g/mol. The van der Waals surface area contributed by atoms with Crippen LogP contribution in [0.25, 0.3) is 0 Å². The second kappa shape index (κ2) is 4.69. The molecule has 0 aliphatic heterocycles. The molecule has 0 atom stereocenters. The van der Waals surface area contributed by atoms with E-state index in [9.17, 15) is 30.9 Å². The maximum atomic E-state index is 11.5. The molecule has 0 heterocycles. The van der Waals surface area contributed by atoms with E-state index in [1.807, 2.05) is 0 Å². The smallest absolute Gasteiger partial charge is 0.287 e. The Labute approximate surface area is 79.7 Å². The quantitative estimate of drug-likeness (QED) is 0.576. The van der Waals surface area contributed by atoms with E-state index in [1.165, 1.54) is 0 Å². The fourth-order valence-electron chi connectivity index (χ4n) is 0.483. The summed E-state index contributed by atoms with van der Waals surface area (Å²) >= 11 is 0. The second-order valence-electron chi connectivity index (χ2n) is 1.94. The first-order valence-corrected chi connectivity index (χ1v) is 4.73. The summed E-state index contributed by atoms with van der Waals surface area (Å²) in [5.74, 6) is 0. The van der Waals surface area contributed by atoms with Crippen LogP contribution >= 0.6 is 7.82 Å². The van der Waals surface area contributed by atoms with E-state index in [4.69, 9.17) is 0 Å². The lowest BCUT2D eigenvalue weighted by Crippen LogP contribution is -2.19. The van der Waals surface area contributed by atoms with Crippen LogP contribution < -0.4 is 0 Å². The van der Waals surface area contributed by atoms with Crippen molar-refractivity contribution in [2.75, 3.05) is 6.61 Å². The number of hydrogen-bond donors (Lipinski definition) is 0. The number of halogens is 6. The van der Waals surface area contributed by atoms with Gasteiger partial charge >= 0.3 is 20.5 Å². The van der Waals surface area contributed by atoms with Gasteiger partial charge in [0, 0.05) is 0 Å². The molecule has 4 nitrogen and oxygen atoms in total. The zero-order chi connectivity index (χ0) is 12.3. The van der Waals surface area contributed by atoms with Crippen LogP contribution in [-0.4, -0.2) is 19.3 Å². The maximum absolute atomic E-state index is 11.5. The summed E-state index contributed by atoms with van der Waals surface area (Å²) in [6.07, 6.45) is -11.1. The molecule has 92 valence electrons. The first-order chi connectivity index (χ1) is 6.47. The zero-order valence-corrected chi connectivity index (χ0v) is 7.95. The molecular formula is C4H5F6O4P. The highest BCUT2D eigenvalue weighted by Crippen LogP contribution is 2.57. The molecule has 0 fully saturated rings. The molecule has 0 N–H and O–H groups in total. The van der Waals surface area contributed by atoms with Gasteiger partial charge < -0.3 is 0 Å². The van der Waals surface area contributed by atoms with Gasteiger partial charge in [-0.25, -0.2) is 4.57 Å². The third-order valence-corrected chi connectivity index (χ3v) is 2.15. The molecule has 0 aromatic rings. The van der Waals surface area contributed by atoms with Crippen LogP contribution in [0.15, 0.2) is 0 Å². The molecule has 0 bridgehead atoms. The molecule has 0 aliphatic carbocycles. The SMILES string of the molecule is CCOP(=O)(OC(F)(F)F)OC(F)(F)F. The average molecular weight is 262 g/mol. The monoisotopic (exact) mass is 262 g/mol. The maximum Gasteiger partial charge on any atom is 0.531 e. The van der Waals surface area contributed by atoms with Gasteiger partial charge in [-0.15, -0.1) is 26.3 Å². The molecule has 0 spiro atoms. The van der Waals surface area contributed by atoms with Gasteiger partial charge in [-0.05, 0) is 6.92 Å². The molecule has 0 amide bonds. The molecule has 15 heavy (non-hydrogen) atoms. The Hall–Kier alpha value is -0.310. The predicted molar refractivity (Wildman–Crippen MR) is 33.5 cm³/mol. The first-order valence-electron chi connectivity index (χ1n) is 3.27. The Morgan fingerprint density at radius 3 is 1.53 bits per heavy atom. The van der Waals surface area contributed by atoms with Crippen molar-refractivity contribution in [3.05, 3.63) is 0 Å². The molecule has 0 aliphatic rings. The van der Waals surface area contributed by atoms with Gasteiger partial charge in [0.25, 0.3) is 0 Å². The lowest BCUT2D eigenvalue weighted by atomic mass is 10.9. The third kappa shape index (κ3) is 7.60. The van der Waals surface area contributed by atoms with Gasteiger partial charge in [0.1, 0.15) is 0 Å². The molecule has 0 rings (SSSR count). The van der Waals surface area contributed by atoms with E-state index >= 15 is 0 Å². The Morgan fingerprint density at radius 2 is 1.33 bits per heavy atom. The molecule has 0 aromatic heterocycles. The molecule has 0 radical (unpaired) electrons. The third-order valence-electron chi connectivity index (χ3n) is 0.718. The Morgan fingerprint density at radius 1 is 1.00 bits per heavy atom. The van der Waals surface area contributed by atoms with Crippen molar-refractivity contribution < 1.29 is 44.5 Å². The van der Waals surface area contributed by atoms with Crippen molar-refractivity contribution in [2.24, 2.45) is 0 Å². The highest BCUT2D eigenvalue weighted by Gasteiger charge is 2.50. The molecule has 11 heteroatoms. The minimum atomic E-state index is -5.71. The lowest BCUT2D eigenvalue weighted by Gasteiger charge is -2.18. The van der Waals surface area contributed by atoms with Crippen LogP contribution in [0.2, 0.25) is 0 Å². The summed E-state index contributed by atoms with van der Waals surface area (Å²) in [4.78, 5) is 0. The normalized spacial score (nSPS) is 14.3. The number of hydrogen-bond acceptors (Lipinski definition) is 4. The average Bonchev–Trinajstić information content (AvgIpc) is 1.74. The van der Waals surface area contributed by atoms with Crippen LogP contribution in [0.4, 0.5) is 26.3 Å². The summed E-state index contributed by atoms with van der Waals surface area (Å²) in [5.41, 5.74) is 0. The van der Waals surface area contributed by atoms with Crippen molar-refractivity contribution in [2.45, 2.75) is 19.6 Å². The van der Waals surface area contributed by atoms with Crippen LogP contribution in [0, 0.1) is 0 Å². The number of rotatable bonds is 4. The molecule has 0 saturated carbocycles. The van der Waals surface area contributed by atoms with Crippen molar-refractivity contribution in [1.82, 2.24) is 0 Å². The standard InChI is InChI=1S/C4H5F6O4P/c1-2-12-15(11,13-3(5,6)7)14-4(8,9)10/h2H2,1H3. The van der Waals surface area contributed by atoms with Gasteiger partial charge in [-0.1, -0.05) is 0 Å².